The summed E-state index contributed by atoms with van der Waals surface area (Å²) in [6, 6.07) is 7.98. The number of nitriles is 1. The summed E-state index contributed by atoms with van der Waals surface area (Å²) in [7, 11) is -8.77. The van der Waals surface area contributed by atoms with Gasteiger partial charge in [-0.1, -0.05) is 0 Å². The number of ether oxygens (including phenoxy) is 2. The summed E-state index contributed by atoms with van der Waals surface area (Å²) < 4.78 is 71.2. The van der Waals surface area contributed by atoms with Crippen molar-refractivity contribution in [3.63, 3.8) is 0 Å². The minimum Gasteiger partial charge on any atom is -0.484 e. The molecule has 2 aromatic carbocycles. The van der Waals surface area contributed by atoms with Gasteiger partial charge in [-0.05, 0) is 30.7 Å². The predicted molar refractivity (Wildman–Crippen MR) is 130 cm³/mol. The quantitative estimate of drug-likeness (QED) is 0.236. The minimum atomic E-state index is -4.55. The van der Waals surface area contributed by atoms with Gasteiger partial charge in [0.15, 0.2) is 11.5 Å². The van der Waals surface area contributed by atoms with Crippen molar-refractivity contribution in [3.8, 4) is 23.3 Å². The molecule has 0 aliphatic rings. The Bertz CT molecular complexity index is 1460. The molecule has 1 atom stereocenters. The fraction of sp³-hybridized carbons (Fsp3) is 0.286. The van der Waals surface area contributed by atoms with Crippen LogP contribution in [0.25, 0.3) is 10.1 Å². The molecule has 0 saturated heterocycles. The lowest BCUT2D eigenvalue weighted by Gasteiger charge is -2.14. The van der Waals surface area contributed by atoms with Gasteiger partial charge < -0.3 is 30.4 Å². The van der Waals surface area contributed by atoms with Gasteiger partial charge in [0, 0.05) is 22.2 Å². The normalized spacial score (nSPS) is 13.2. The Morgan fingerprint density at radius 2 is 1.81 bits per heavy atom. The van der Waals surface area contributed by atoms with Gasteiger partial charge in [0.25, 0.3) is 10.0 Å². The van der Waals surface area contributed by atoms with E-state index in [0.717, 1.165) is 29.5 Å². The summed E-state index contributed by atoms with van der Waals surface area (Å²) in [5.74, 6) is -0.367. The van der Waals surface area contributed by atoms with Crippen LogP contribution in [0.3, 0.4) is 0 Å². The van der Waals surface area contributed by atoms with Gasteiger partial charge in [-0.3, -0.25) is 0 Å². The summed E-state index contributed by atoms with van der Waals surface area (Å²) in [6.45, 7) is 3.36. The van der Waals surface area contributed by atoms with Crippen molar-refractivity contribution in [1.29, 1.82) is 5.26 Å². The van der Waals surface area contributed by atoms with Crippen molar-refractivity contribution < 1.29 is 47.7 Å². The van der Waals surface area contributed by atoms with E-state index in [4.69, 9.17) is 19.3 Å². The second kappa shape index (κ2) is 11.5. The number of aryl methyl sites for hydroxylation is 1. The molecule has 1 heterocycles. The van der Waals surface area contributed by atoms with Crippen LogP contribution in [-0.2, 0) is 14.6 Å². The third kappa shape index (κ3) is 6.51. The van der Waals surface area contributed by atoms with Crippen LogP contribution in [0.1, 0.15) is 11.1 Å². The molecule has 0 aliphatic heterocycles. The van der Waals surface area contributed by atoms with Crippen molar-refractivity contribution in [3.05, 3.63) is 47.3 Å². The Morgan fingerprint density at radius 3 is 2.39 bits per heavy atom. The molecule has 8 N–H and O–H groups in total. The lowest BCUT2D eigenvalue weighted by molar-refractivity contribution is -0.372. The average molecular weight is 561 g/mol. The fourth-order valence-corrected chi connectivity index (χ4v) is 7.44. The molecule has 194 valence electrons. The topological polar surface area (TPSA) is 190 Å². The number of hydrogen-bond acceptors (Lipinski definition) is 8. The van der Waals surface area contributed by atoms with Gasteiger partial charge in [0.2, 0.25) is 0 Å². The van der Waals surface area contributed by atoms with E-state index in [1.165, 1.54) is 0 Å². The fourth-order valence-electron chi connectivity index (χ4n) is 3.12. The summed E-state index contributed by atoms with van der Waals surface area (Å²) in [5, 5.41) is 9.40. The molecule has 0 bridgehead atoms. The van der Waals surface area contributed by atoms with Crippen molar-refractivity contribution in [1.82, 2.24) is 4.72 Å². The largest absolute Gasteiger partial charge is 0.484 e. The third-order valence-electron chi connectivity index (χ3n) is 4.77. The highest BCUT2D eigenvalue weighted by Gasteiger charge is 2.29. The van der Waals surface area contributed by atoms with Crippen LogP contribution in [0, 0.1) is 24.1 Å². The number of halogens is 1. The molecule has 0 spiro atoms. The molecule has 36 heavy (non-hydrogen) atoms. The molecule has 1 aromatic heterocycles. The Balaban J connectivity index is 1.84. The molecule has 11 nitrogen and oxygen atoms in total. The first-order valence-electron chi connectivity index (χ1n) is 10.6. The van der Waals surface area contributed by atoms with Crippen molar-refractivity contribution in [2.75, 3.05) is 32.6 Å². The number of rotatable bonds is 12. The van der Waals surface area contributed by atoms with Crippen LogP contribution in [-0.4, -0.2) is 45.9 Å². The second-order valence-electron chi connectivity index (χ2n) is 7.50. The molecule has 0 fully saturated rings. The molecule has 3 rings (SSSR count). The molecule has 0 amide bonds. The van der Waals surface area contributed by atoms with E-state index in [-0.39, 0.29) is 15.5 Å². The number of hydrogen-bond donors (Lipinski definition) is 4. The Labute approximate surface area is 211 Å². The molecule has 0 saturated carbocycles. The van der Waals surface area contributed by atoms with Crippen LogP contribution in [0.4, 0.5) is 4.39 Å². The predicted octanol–water partition coefficient (Wildman–Crippen LogP) is 0.962. The molecule has 15 heteroatoms. The summed E-state index contributed by atoms with van der Waals surface area (Å²) in [4.78, 5) is 10.1. The zero-order valence-corrected chi connectivity index (χ0v) is 21.8. The first-order valence-corrected chi connectivity index (χ1v) is 14.7. The first-order chi connectivity index (χ1) is 17.0. The van der Waals surface area contributed by atoms with E-state index >= 15 is 0 Å². The lowest BCUT2D eigenvalue weighted by Crippen LogP contribution is -2.53. The van der Waals surface area contributed by atoms with E-state index < -0.39 is 29.7 Å². The van der Waals surface area contributed by atoms with Crippen LogP contribution >= 0.6 is 18.9 Å². The zero-order chi connectivity index (χ0) is 26.5. The maximum atomic E-state index is 13.8. The smallest absolute Gasteiger partial charge is 0.391 e. The Morgan fingerprint density at radius 1 is 1.17 bits per heavy atom. The van der Waals surface area contributed by atoms with Crippen LogP contribution in [0.2, 0.25) is 0 Å². The summed E-state index contributed by atoms with van der Waals surface area (Å²) in [5.41, 5.74) is 7.64. The lowest BCUT2D eigenvalue weighted by atomic mass is 10.2. The zero-order valence-electron chi connectivity index (χ0n) is 19.3. The molecular formula is C21H26FN4O7PS2+2. The Hall–Kier alpha value is -2.76. The van der Waals surface area contributed by atoms with E-state index in [1.54, 1.807) is 25.1 Å². The average Bonchev–Trinajstić information content (AvgIpc) is 3.16. The number of quaternary nitrogens is 2. The number of nitrogens with one attached hydrogen (secondary N) is 1. The van der Waals surface area contributed by atoms with Crippen molar-refractivity contribution in [2.45, 2.75) is 11.1 Å². The molecule has 3 aromatic rings. The number of nitrogens with zero attached hydrogens (tertiary/aromatic N) is 1. The maximum Gasteiger partial charge on any atom is 0.391 e. The van der Waals surface area contributed by atoms with Crippen LogP contribution in [0.5, 0.6) is 17.2 Å². The number of benzene rings is 2. The van der Waals surface area contributed by atoms with Crippen molar-refractivity contribution in [2.24, 2.45) is 0 Å². The minimum absolute atomic E-state index is 0.0562. The molecule has 0 aliphatic carbocycles. The first kappa shape index (κ1) is 27.8. The van der Waals surface area contributed by atoms with Gasteiger partial charge in [0.05, 0.1) is 5.56 Å². The highest BCUT2D eigenvalue weighted by Crippen LogP contribution is 2.44. The summed E-state index contributed by atoms with van der Waals surface area (Å²) in [6.07, 6.45) is -0.958. The van der Waals surface area contributed by atoms with Crippen LogP contribution in [0.15, 0.2) is 34.5 Å². The second-order valence-corrected chi connectivity index (χ2v) is 12.3. The van der Waals surface area contributed by atoms with Crippen LogP contribution < -0.4 is 30.2 Å². The van der Waals surface area contributed by atoms with Gasteiger partial charge in [0.1, 0.15) is 54.4 Å². The van der Waals surface area contributed by atoms with E-state index in [0.29, 0.717) is 53.5 Å². The van der Waals surface area contributed by atoms with Gasteiger partial charge >= 0.3 is 7.60 Å². The number of fused-ring (bicyclic) bond motifs is 1. The third-order valence-corrected chi connectivity index (χ3v) is 9.31. The van der Waals surface area contributed by atoms with Gasteiger partial charge in [-0.25, -0.2) is 17.4 Å². The van der Waals surface area contributed by atoms with Gasteiger partial charge in [-0.15, -0.1) is 11.3 Å². The van der Waals surface area contributed by atoms with E-state index in [1.807, 2.05) is 0 Å². The van der Waals surface area contributed by atoms with E-state index in [2.05, 4.69) is 16.2 Å². The van der Waals surface area contributed by atoms with Gasteiger partial charge in [-0.2, -0.15) is 9.98 Å². The maximum absolute atomic E-state index is 13.8. The highest BCUT2D eigenvalue weighted by molar-refractivity contribution is 7.92. The highest BCUT2D eigenvalue weighted by atomic mass is 32.2. The Kier molecular flexibility index (Phi) is 8.91. The van der Waals surface area contributed by atoms with Crippen molar-refractivity contribution >= 4 is 39.0 Å². The molecular weight excluding hydrogens is 534 g/mol. The number of thiophene rings is 1. The molecule has 0 radical (unpaired) electrons. The SMILES string of the molecule is Cc1c(S(=O)(=O)NCP(=O)(O)Oc2ccc(C#N)c(F)c2)sc2cc(OCC[NH3+])c(OCC[NH3+])cc12. The number of sulfonamides is 1. The summed E-state index contributed by atoms with van der Waals surface area (Å²) >= 11 is 0.965. The standard InChI is InChI=1S/C21H24FN4O7PS2/c1-13-16-9-18(31-6-4-23)19(32-7-5-24)10-20(16)35-21(13)36(29,30)26-12-34(27,28)33-15-3-2-14(11-25)17(22)8-15/h2-3,8-10,26H,4-7,12,23-24H2,1H3,(H,27,28)/p+2. The van der Waals surface area contributed by atoms with E-state index in [9.17, 15) is 22.3 Å². The monoisotopic (exact) mass is 560 g/mol. The molecule has 1 unspecified atom stereocenters.